The lowest BCUT2D eigenvalue weighted by Gasteiger charge is -2.25. The topological polar surface area (TPSA) is 76.3 Å². The Balaban J connectivity index is 1.72. The second-order valence-corrected chi connectivity index (χ2v) is 8.64. The van der Waals surface area contributed by atoms with Crippen molar-refractivity contribution in [2.75, 3.05) is 6.54 Å². The van der Waals surface area contributed by atoms with Crippen LogP contribution >= 0.6 is 11.3 Å². The number of hydrogen-bond donors (Lipinski definition) is 1. The summed E-state index contributed by atoms with van der Waals surface area (Å²) >= 11 is 1.52. The van der Waals surface area contributed by atoms with Gasteiger partial charge in [0.1, 0.15) is 11.7 Å². The zero-order valence-corrected chi connectivity index (χ0v) is 15.9. The molecule has 2 aliphatic rings. The maximum atomic E-state index is 13.3. The van der Waals surface area contributed by atoms with Crippen LogP contribution in [-0.4, -0.2) is 34.3 Å². The Bertz CT molecular complexity index is 876. The van der Waals surface area contributed by atoms with Crippen LogP contribution in [0.5, 0.6) is 0 Å². The second kappa shape index (κ2) is 6.50. The van der Waals surface area contributed by atoms with Crippen LogP contribution in [0.15, 0.2) is 24.3 Å². The molecule has 136 valence electrons. The molecule has 1 aliphatic heterocycles. The molecule has 5 nitrogen and oxygen atoms in total. The molecule has 0 bridgehead atoms. The fraction of sp³-hybridized carbons (Fsp3) is 0.450. The smallest absolute Gasteiger partial charge is 0.274 e. The fourth-order valence-corrected chi connectivity index (χ4v) is 5.48. The predicted octanol–water partition coefficient (Wildman–Crippen LogP) is 3.15. The summed E-state index contributed by atoms with van der Waals surface area (Å²) in [5, 5.41) is 0.847. The van der Waals surface area contributed by atoms with Crippen molar-refractivity contribution < 1.29 is 9.59 Å². The molecule has 2 N–H and O–H groups in total. The minimum Gasteiger partial charge on any atom is -0.368 e. The second-order valence-electron chi connectivity index (χ2n) is 7.44. The van der Waals surface area contributed by atoms with Crippen LogP contribution in [0.2, 0.25) is 0 Å². The number of aromatic nitrogens is 1. The molecule has 6 heteroatoms. The molecule has 1 aromatic heterocycles. The quantitative estimate of drug-likeness (QED) is 0.903. The number of fused-ring (bicyclic) bond motifs is 1. The van der Waals surface area contributed by atoms with Crippen LogP contribution in [-0.2, 0) is 4.79 Å². The first-order valence-corrected chi connectivity index (χ1v) is 9.92. The lowest BCUT2D eigenvalue weighted by molar-refractivity contribution is -0.122. The highest BCUT2D eigenvalue weighted by Gasteiger charge is 2.49. The third kappa shape index (κ3) is 2.82. The van der Waals surface area contributed by atoms with Gasteiger partial charge in [0.25, 0.3) is 5.91 Å². The molecule has 2 fully saturated rings. The molecule has 0 spiro atoms. The predicted molar refractivity (Wildman–Crippen MR) is 102 cm³/mol. The van der Waals surface area contributed by atoms with Crippen LogP contribution in [0, 0.1) is 25.7 Å². The largest absolute Gasteiger partial charge is 0.368 e. The lowest BCUT2D eigenvalue weighted by atomic mass is 9.93. The molecule has 2 aromatic rings. The Kier molecular flexibility index (Phi) is 4.31. The number of aryl methyl sites for hydroxylation is 2. The monoisotopic (exact) mass is 369 g/mol. The molecule has 1 aromatic carbocycles. The Morgan fingerprint density at radius 1 is 1.27 bits per heavy atom. The van der Waals surface area contributed by atoms with E-state index >= 15 is 0 Å². The first-order valence-electron chi connectivity index (χ1n) is 9.10. The summed E-state index contributed by atoms with van der Waals surface area (Å²) in [5.74, 6) is 0.0399. The summed E-state index contributed by atoms with van der Waals surface area (Å²) in [6.07, 6.45) is 3.16. The first-order chi connectivity index (χ1) is 12.5. The Morgan fingerprint density at radius 3 is 2.81 bits per heavy atom. The van der Waals surface area contributed by atoms with Gasteiger partial charge in [-0.3, -0.25) is 9.59 Å². The number of amides is 2. The van der Waals surface area contributed by atoms with Gasteiger partial charge < -0.3 is 10.6 Å². The number of primary amides is 1. The molecular weight excluding hydrogens is 346 g/mol. The van der Waals surface area contributed by atoms with Gasteiger partial charge in [0.2, 0.25) is 5.91 Å². The van der Waals surface area contributed by atoms with Gasteiger partial charge in [-0.25, -0.2) is 4.98 Å². The van der Waals surface area contributed by atoms with Crippen molar-refractivity contribution in [1.29, 1.82) is 0 Å². The third-order valence-corrected chi connectivity index (χ3v) is 6.68. The molecular formula is C20H23N3O2S. The molecule has 2 amide bonds. The van der Waals surface area contributed by atoms with E-state index in [1.807, 2.05) is 32.0 Å². The molecule has 1 aliphatic carbocycles. The number of benzene rings is 1. The number of rotatable bonds is 3. The van der Waals surface area contributed by atoms with E-state index in [2.05, 4.69) is 11.1 Å². The molecule has 0 unspecified atom stereocenters. The number of hydrogen-bond acceptors (Lipinski definition) is 4. The fourth-order valence-electron chi connectivity index (χ4n) is 4.57. The normalized spacial score (nSPS) is 24.7. The average Bonchev–Trinajstić information content (AvgIpc) is 3.27. The Hall–Kier alpha value is -2.21. The van der Waals surface area contributed by atoms with Crippen LogP contribution < -0.4 is 5.73 Å². The number of carbonyl (C=O) groups is 2. The highest BCUT2D eigenvalue weighted by atomic mass is 32.1. The van der Waals surface area contributed by atoms with Crippen LogP contribution in [0.25, 0.3) is 10.4 Å². The van der Waals surface area contributed by atoms with E-state index in [1.165, 1.54) is 11.3 Å². The highest BCUT2D eigenvalue weighted by molar-refractivity contribution is 7.15. The first kappa shape index (κ1) is 17.2. The van der Waals surface area contributed by atoms with Gasteiger partial charge in [-0.15, -0.1) is 11.3 Å². The Labute approximate surface area is 157 Å². The van der Waals surface area contributed by atoms with E-state index in [1.54, 1.807) is 4.90 Å². The van der Waals surface area contributed by atoms with E-state index in [0.717, 1.165) is 40.3 Å². The third-order valence-electron chi connectivity index (χ3n) is 5.66. The van der Waals surface area contributed by atoms with E-state index in [0.29, 0.717) is 18.2 Å². The standard InChI is InChI=1S/C20H23N3O2S/c1-11-5-3-6-13(9-11)18-16(22-12(2)26-18)20(25)23-10-14-7-4-8-15(14)17(23)19(21)24/h3,5-6,9,14-15,17H,4,7-8,10H2,1-2H3,(H2,21,24)/t14-,15-,17-/m0/s1. The summed E-state index contributed by atoms with van der Waals surface area (Å²) in [6, 6.07) is 7.58. The lowest BCUT2D eigenvalue weighted by Crippen LogP contribution is -2.46. The van der Waals surface area contributed by atoms with Gasteiger partial charge in [0.15, 0.2) is 0 Å². The number of likely N-dealkylation sites (tertiary alicyclic amines) is 1. The number of nitrogens with two attached hydrogens (primary N) is 1. The summed E-state index contributed by atoms with van der Waals surface area (Å²) < 4.78 is 0. The van der Waals surface area contributed by atoms with Crippen molar-refractivity contribution in [3.8, 4) is 10.4 Å². The molecule has 2 heterocycles. The van der Waals surface area contributed by atoms with Gasteiger partial charge in [0, 0.05) is 6.54 Å². The molecule has 4 rings (SSSR count). The van der Waals surface area contributed by atoms with E-state index in [-0.39, 0.29) is 11.8 Å². The van der Waals surface area contributed by atoms with Crippen molar-refractivity contribution in [3.63, 3.8) is 0 Å². The minimum absolute atomic E-state index is 0.163. The summed E-state index contributed by atoms with van der Waals surface area (Å²) in [6.45, 7) is 4.55. The summed E-state index contributed by atoms with van der Waals surface area (Å²) in [5.41, 5.74) is 8.26. The van der Waals surface area contributed by atoms with Gasteiger partial charge in [0.05, 0.1) is 9.88 Å². The van der Waals surface area contributed by atoms with Gasteiger partial charge in [-0.1, -0.05) is 36.2 Å². The van der Waals surface area contributed by atoms with Crippen LogP contribution in [0.4, 0.5) is 0 Å². The number of carbonyl (C=O) groups excluding carboxylic acids is 2. The van der Waals surface area contributed by atoms with Gasteiger partial charge in [-0.2, -0.15) is 0 Å². The van der Waals surface area contributed by atoms with Gasteiger partial charge in [-0.05, 0) is 44.1 Å². The van der Waals surface area contributed by atoms with E-state index in [9.17, 15) is 9.59 Å². The zero-order valence-electron chi connectivity index (χ0n) is 15.1. The SMILES string of the molecule is Cc1cccc(-c2sc(C)nc2C(=O)N2C[C@@H]3CCC[C@@H]3[C@H]2C(N)=O)c1. The van der Waals surface area contributed by atoms with Crippen LogP contribution in [0.1, 0.15) is 40.3 Å². The van der Waals surface area contributed by atoms with Crippen molar-refractivity contribution >= 4 is 23.2 Å². The van der Waals surface area contributed by atoms with E-state index < -0.39 is 11.9 Å². The maximum Gasteiger partial charge on any atom is 0.274 e. The van der Waals surface area contributed by atoms with Crippen molar-refractivity contribution in [2.24, 2.45) is 17.6 Å². The zero-order chi connectivity index (χ0) is 18.4. The van der Waals surface area contributed by atoms with Crippen molar-refractivity contribution in [3.05, 3.63) is 40.5 Å². The van der Waals surface area contributed by atoms with E-state index in [4.69, 9.17) is 5.73 Å². The molecule has 3 atom stereocenters. The van der Waals surface area contributed by atoms with Crippen molar-refractivity contribution in [1.82, 2.24) is 9.88 Å². The molecule has 26 heavy (non-hydrogen) atoms. The van der Waals surface area contributed by atoms with Crippen LogP contribution in [0.3, 0.4) is 0 Å². The Morgan fingerprint density at radius 2 is 2.08 bits per heavy atom. The summed E-state index contributed by atoms with van der Waals surface area (Å²) in [7, 11) is 0. The molecule has 1 saturated heterocycles. The summed E-state index contributed by atoms with van der Waals surface area (Å²) in [4.78, 5) is 32.5. The molecule has 0 radical (unpaired) electrons. The maximum absolute atomic E-state index is 13.3. The van der Waals surface area contributed by atoms with Gasteiger partial charge >= 0.3 is 0 Å². The number of thiazole rings is 1. The molecule has 1 saturated carbocycles. The highest BCUT2D eigenvalue weighted by Crippen LogP contribution is 2.43. The average molecular weight is 369 g/mol. The number of nitrogens with zero attached hydrogens (tertiary/aromatic N) is 2. The van der Waals surface area contributed by atoms with Crippen molar-refractivity contribution in [2.45, 2.75) is 39.2 Å². The minimum atomic E-state index is -0.498.